The van der Waals surface area contributed by atoms with E-state index in [0.717, 1.165) is 0 Å². The van der Waals surface area contributed by atoms with Crippen LogP contribution in [0.4, 0.5) is 13.2 Å². The van der Waals surface area contributed by atoms with E-state index in [2.05, 4.69) is 4.98 Å². The van der Waals surface area contributed by atoms with Crippen LogP contribution in [0.5, 0.6) is 0 Å². The first kappa shape index (κ1) is 12.7. The highest BCUT2D eigenvalue weighted by molar-refractivity contribution is 7.11. The summed E-state index contributed by atoms with van der Waals surface area (Å²) < 4.78 is 36.1. The Morgan fingerprint density at radius 3 is 2.23 bits per heavy atom. The summed E-state index contributed by atoms with van der Waals surface area (Å²) in [5.74, 6) is 0. The summed E-state index contributed by atoms with van der Waals surface area (Å²) in [6.45, 7) is 1.63. The smallest absolute Gasteiger partial charge is 0.326 e. The predicted octanol–water partition coefficient (Wildman–Crippen LogP) is 2.35. The lowest BCUT2D eigenvalue weighted by molar-refractivity contribution is -0.137. The zero-order chi connectivity index (χ0) is 9.35. The lowest BCUT2D eigenvalue weighted by Crippen LogP contribution is -2.03. The molecule has 0 unspecified atom stereocenters. The Morgan fingerprint density at radius 1 is 1.46 bits per heavy atom. The lowest BCUT2D eigenvalue weighted by Gasteiger charge is -1.98. The number of nitrogens with two attached hydrogens (primary N) is 1. The second-order valence-electron chi connectivity index (χ2n) is 2.23. The number of aromatic nitrogens is 1. The van der Waals surface area contributed by atoms with Gasteiger partial charge >= 0.3 is 6.18 Å². The Kier molecular flexibility index (Phi) is 4.15. The van der Waals surface area contributed by atoms with Crippen LogP contribution in [0.1, 0.15) is 15.6 Å². The summed E-state index contributed by atoms with van der Waals surface area (Å²) >= 11 is 0.605. The van der Waals surface area contributed by atoms with Gasteiger partial charge < -0.3 is 5.73 Å². The highest BCUT2D eigenvalue weighted by Gasteiger charge is 2.35. The molecule has 1 heterocycles. The number of alkyl halides is 3. The number of rotatable bonds is 1. The molecule has 0 fully saturated rings. The second-order valence-corrected chi connectivity index (χ2v) is 3.31. The molecule has 0 atom stereocenters. The minimum atomic E-state index is -4.34. The molecule has 1 aromatic heterocycles. The zero-order valence-electron chi connectivity index (χ0n) is 6.68. The van der Waals surface area contributed by atoms with Gasteiger partial charge in [0.05, 0.1) is 5.69 Å². The summed E-state index contributed by atoms with van der Waals surface area (Å²) in [5.41, 5.74) is 5.58. The number of aryl methyl sites for hydroxylation is 1. The first-order valence-electron chi connectivity index (χ1n) is 3.18. The summed E-state index contributed by atoms with van der Waals surface area (Å²) in [5, 5.41) is -0.819. The van der Waals surface area contributed by atoms with E-state index >= 15 is 0 Å². The molecular formula is C6H8ClF3N2S. The minimum absolute atomic E-state index is 0. The molecule has 0 radical (unpaired) electrons. The molecule has 0 aliphatic heterocycles. The largest absolute Gasteiger partial charge is 0.443 e. The van der Waals surface area contributed by atoms with Crippen molar-refractivity contribution in [2.75, 3.05) is 0 Å². The molecule has 2 N–H and O–H groups in total. The van der Waals surface area contributed by atoms with Crippen molar-refractivity contribution in [3.8, 4) is 0 Å². The first-order chi connectivity index (χ1) is 5.45. The maximum absolute atomic E-state index is 12.0. The molecule has 1 rings (SSSR count). The Labute approximate surface area is 83.4 Å². The van der Waals surface area contributed by atoms with Crippen molar-refractivity contribution in [1.82, 2.24) is 4.98 Å². The molecule has 76 valence electrons. The van der Waals surface area contributed by atoms with Crippen LogP contribution in [0, 0.1) is 6.92 Å². The van der Waals surface area contributed by atoms with Gasteiger partial charge in [0.2, 0.25) is 0 Å². The highest BCUT2D eigenvalue weighted by atomic mass is 35.5. The minimum Gasteiger partial charge on any atom is -0.326 e. The third-order valence-corrected chi connectivity index (χ3v) is 2.55. The molecular weight excluding hydrogens is 225 g/mol. The number of hydrogen-bond acceptors (Lipinski definition) is 3. The number of thiazole rings is 1. The quantitative estimate of drug-likeness (QED) is 0.807. The van der Waals surface area contributed by atoms with Crippen LogP contribution >= 0.6 is 23.7 Å². The summed E-state index contributed by atoms with van der Waals surface area (Å²) in [7, 11) is 0. The van der Waals surface area contributed by atoms with E-state index in [1.165, 1.54) is 6.92 Å². The molecule has 0 aliphatic rings. The van der Waals surface area contributed by atoms with E-state index < -0.39 is 11.2 Å². The standard InChI is InChI=1S/C6H7F3N2S.ClH/c1-3-4(2-10)12-5(11-3)6(7,8)9;/h2,10H2,1H3;1H. The zero-order valence-corrected chi connectivity index (χ0v) is 8.32. The SMILES string of the molecule is Cc1nc(C(F)(F)F)sc1CN.Cl. The van der Waals surface area contributed by atoms with Gasteiger partial charge in [-0.3, -0.25) is 0 Å². The molecule has 0 saturated heterocycles. The van der Waals surface area contributed by atoms with Gasteiger partial charge in [-0.25, -0.2) is 4.98 Å². The molecule has 7 heteroatoms. The van der Waals surface area contributed by atoms with Gasteiger partial charge in [-0.05, 0) is 6.92 Å². The molecule has 0 bridgehead atoms. The third-order valence-electron chi connectivity index (χ3n) is 1.32. The normalized spacial score (nSPS) is 11.2. The summed E-state index contributed by atoms with van der Waals surface area (Å²) in [4.78, 5) is 3.85. The van der Waals surface area contributed by atoms with Gasteiger partial charge in [0.15, 0.2) is 5.01 Å². The average molecular weight is 233 g/mol. The number of halogens is 4. The van der Waals surface area contributed by atoms with Gasteiger partial charge in [0, 0.05) is 11.4 Å². The van der Waals surface area contributed by atoms with Crippen LogP contribution in [0.15, 0.2) is 0 Å². The van der Waals surface area contributed by atoms with Crippen LogP contribution in [0.25, 0.3) is 0 Å². The van der Waals surface area contributed by atoms with E-state index in [9.17, 15) is 13.2 Å². The van der Waals surface area contributed by atoms with Crippen molar-refractivity contribution in [1.29, 1.82) is 0 Å². The van der Waals surface area contributed by atoms with E-state index in [1.807, 2.05) is 0 Å². The highest BCUT2D eigenvalue weighted by Crippen LogP contribution is 2.33. The molecule has 0 spiro atoms. The second kappa shape index (κ2) is 4.26. The van der Waals surface area contributed by atoms with Crippen molar-refractivity contribution in [3.63, 3.8) is 0 Å². The summed E-state index contributed by atoms with van der Waals surface area (Å²) in [6.07, 6.45) is -4.34. The number of hydrogen-bond donors (Lipinski definition) is 1. The van der Waals surface area contributed by atoms with Crippen molar-refractivity contribution in [3.05, 3.63) is 15.6 Å². The maximum Gasteiger partial charge on any atom is 0.443 e. The Bertz CT molecular complexity index is 284. The van der Waals surface area contributed by atoms with Gasteiger partial charge in [-0.15, -0.1) is 23.7 Å². The molecule has 0 aromatic carbocycles. The molecule has 0 aliphatic carbocycles. The van der Waals surface area contributed by atoms with Crippen molar-refractivity contribution in [2.24, 2.45) is 5.73 Å². The molecule has 13 heavy (non-hydrogen) atoms. The molecule has 1 aromatic rings. The molecule has 2 nitrogen and oxygen atoms in total. The fraction of sp³-hybridized carbons (Fsp3) is 0.500. The fourth-order valence-corrected chi connectivity index (χ4v) is 1.55. The topological polar surface area (TPSA) is 38.9 Å². The Morgan fingerprint density at radius 2 is 2.00 bits per heavy atom. The van der Waals surface area contributed by atoms with Crippen LogP contribution in [-0.2, 0) is 12.7 Å². The lowest BCUT2D eigenvalue weighted by atomic mass is 10.4. The average Bonchev–Trinajstić information content (AvgIpc) is 2.29. The Balaban J connectivity index is 0.00000144. The van der Waals surface area contributed by atoms with Crippen LogP contribution in [0.2, 0.25) is 0 Å². The molecule has 0 amide bonds. The number of nitrogens with zero attached hydrogens (tertiary/aromatic N) is 1. The first-order valence-corrected chi connectivity index (χ1v) is 4.00. The van der Waals surface area contributed by atoms with E-state index in [1.54, 1.807) is 0 Å². The predicted molar refractivity (Wildman–Crippen MR) is 47.0 cm³/mol. The Hall–Kier alpha value is -0.330. The van der Waals surface area contributed by atoms with Crippen LogP contribution in [-0.4, -0.2) is 4.98 Å². The fourth-order valence-electron chi connectivity index (χ4n) is 0.739. The summed E-state index contributed by atoms with van der Waals surface area (Å²) in [6, 6.07) is 0. The van der Waals surface area contributed by atoms with E-state index in [-0.39, 0.29) is 19.0 Å². The van der Waals surface area contributed by atoms with Crippen molar-refractivity contribution in [2.45, 2.75) is 19.6 Å². The van der Waals surface area contributed by atoms with E-state index in [4.69, 9.17) is 5.73 Å². The van der Waals surface area contributed by atoms with Gasteiger partial charge in [0.25, 0.3) is 0 Å². The van der Waals surface area contributed by atoms with Crippen molar-refractivity contribution < 1.29 is 13.2 Å². The maximum atomic E-state index is 12.0. The van der Waals surface area contributed by atoms with Gasteiger partial charge in [-0.2, -0.15) is 13.2 Å². The third kappa shape index (κ3) is 2.82. The van der Waals surface area contributed by atoms with Gasteiger partial charge in [0.1, 0.15) is 0 Å². The molecule has 0 saturated carbocycles. The van der Waals surface area contributed by atoms with Gasteiger partial charge in [-0.1, -0.05) is 0 Å². The van der Waals surface area contributed by atoms with Crippen molar-refractivity contribution >= 4 is 23.7 Å². The van der Waals surface area contributed by atoms with Crippen LogP contribution < -0.4 is 5.73 Å². The monoisotopic (exact) mass is 232 g/mol. The van der Waals surface area contributed by atoms with E-state index in [0.29, 0.717) is 21.9 Å². The van der Waals surface area contributed by atoms with Crippen LogP contribution in [0.3, 0.4) is 0 Å².